The molecule has 0 heterocycles. The van der Waals surface area contributed by atoms with Crippen molar-refractivity contribution in [3.8, 4) is 0 Å². The monoisotopic (exact) mass is 288 g/mol. The molecule has 0 bridgehead atoms. The molecule has 18 heavy (non-hydrogen) atoms. The lowest BCUT2D eigenvalue weighted by Gasteiger charge is -2.29. The molecule has 6 nitrogen and oxygen atoms in total. The van der Waals surface area contributed by atoms with Crippen LogP contribution in [0.2, 0.25) is 0 Å². The van der Waals surface area contributed by atoms with E-state index in [2.05, 4.69) is 0 Å². The average molecular weight is 288 g/mol. The Morgan fingerprint density at radius 3 is 2.22 bits per heavy atom. The van der Waals surface area contributed by atoms with Crippen molar-refractivity contribution in [3.63, 3.8) is 0 Å². The maximum atomic E-state index is 12.3. The van der Waals surface area contributed by atoms with Crippen molar-refractivity contribution in [1.82, 2.24) is 0 Å². The van der Waals surface area contributed by atoms with Crippen LogP contribution < -0.4 is 0 Å². The maximum absolute atomic E-state index is 12.3. The Morgan fingerprint density at radius 1 is 1.39 bits per heavy atom. The minimum Gasteiger partial charge on any atom is -0.481 e. The third kappa shape index (κ3) is 2.40. The highest BCUT2D eigenvalue weighted by Gasteiger charge is 2.52. The summed E-state index contributed by atoms with van der Waals surface area (Å²) in [6.07, 6.45) is -4.60. The second-order valence-electron chi connectivity index (χ2n) is 3.50. The van der Waals surface area contributed by atoms with Gasteiger partial charge in [0.25, 0.3) is 10.1 Å². The van der Waals surface area contributed by atoms with Crippen molar-refractivity contribution in [3.05, 3.63) is 23.8 Å². The summed E-state index contributed by atoms with van der Waals surface area (Å²) in [6.45, 7) is 0. The Hall–Kier alpha value is -1.39. The number of aliphatic carboxylic acids is 1. The first kappa shape index (κ1) is 14.7. The zero-order chi connectivity index (χ0) is 14.4. The highest BCUT2D eigenvalue weighted by atomic mass is 32.2. The van der Waals surface area contributed by atoms with Gasteiger partial charge in [-0.3, -0.25) is 9.35 Å². The van der Waals surface area contributed by atoms with Gasteiger partial charge in [-0.2, -0.15) is 21.6 Å². The Bertz CT molecular complexity index is 532. The molecular formula is C8H7F3O6S. The molecule has 1 rings (SSSR count). The van der Waals surface area contributed by atoms with E-state index < -0.39 is 38.7 Å². The number of rotatable bonds is 2. The Labute approximate surface area is 98.8 Å². The summed E-state index contributed by atoms with van der Waals surface area (Å²) in [5.74, 6) is -4.49. The normalized spacial score (nSPS) is 28.9. The lowest BCUT2D eigenvalue weighted by Crippen LogP contribution is -2.48. The number of allylic oxidation sites excluding steroid dienone is 2. The van der Waals surface area contributed by atoms with E-state index in [1.54, 1.807) is 0 Å². The van der Waals surface area contributed by atoms with Crippen LogP contribution in [0.15, 0.2) is 23.8 Å². The second-order valence-corrected chi connectivity index (χ2v) is 5.10. The number of hydrogen-bond acceptors (Lipinski definition) is 4. The molecule has 0 saturated carbocycles. The predicted molar refractivity (Wildman–Crippen MR) is 50.9 cm³/mol. The van der Waals surface area contributed by atoms with E-state index in [0.717, 1.165) is 0 Å². The van der Waals surface area contributed by atoms with Crippen LogP contribution in [0.5, 0.6) is 0 Å². The van der Waals surface area contributed by atoms with Crippen LogP contribution in [-0.4, -0.2) is 40.3 Å². The molecule has 0 aromatic rings. The van der Waals surface area contributed by atoms with Crippen LogP contribution in [0.3, 0.4) is 0 Å². The van der Waals surface area contributed by atoms with Gasteiger partial charge < -0.3 is 10.2 Å². The molecule has 0 radical (unpaired) electrons. The number of halogens is 3. The molecule has 0 saturated heterocycles. The van der Waals surface area contributed by atoms with Gasteiger partial charge in [0.15, 0.2) is 0 Å². The minimum atomic E-state index is -5.31. The number of aliphatic hydroxyl groups is 1. The van der Waals surface area contributed by atoms with Gasteiger partial charge in [0, 0.05) is 0 Å². The van der Waals surface area contributed by atoms with Crippen LogP contribution in [0.25, 0.3) is 0 Å². The Kier molecular flexibility index (Phi) is 3.32. The molecule has 2 atom stereocenters. The molecule has 0 spiro atoms. The fourth-order valence-corrected chi connectivity index (χ4v) is 2.08. The van der Waals surface area contributed by atoms with Crippen LogP contribution in [0, 0.1) is 5.92 Å². The third-order valence-electron chi connectivity index (χ3n) is 2.30. The molecule has 0 aromatic heterocycles. The third-order valence-corrected chi connectivity index (χ3v) is 3.52. The Balaban J connectivity index is 3.38. The lowest BCUT2D eigenvalue weighted by atomic mass is 9.92. The maximum Gasteiger partial charge on any atom is 0.416 e. The minimum absolute atomic E-state index is 0.0239. The summed E-state index contributed by atoms with van der Waals surface area (Å²) in [4.78, 5) is 7.38. The average Bonchev–Trinajstić information content (AvgIpc) is 2.14. The largest absolute Gasteiger partial charge is 0.481 e. The first-order valence-electron chi connectivity index (χ1n) is 4.30. The van der Waals surface area contributed by atoms with Gasteiger partial charge in [0.05, 0.1) is 5.57 Å². The van der Waals surface area contributed by atoms with E-state index in [1.165, 1.54) is 0 Å². The molecule has 0 amide bonds. The zero-order valence-electron chi connectivity index (χ0n) is 8.42. The molecule has 102 valence electrons. The van der Waals surface area contributed by atoms with E-state index >= 15 is 0 Å². The van der Waals surface area contributed by atoms with Gasteiger partial charge >= 0.3 is 12.1 Å². The van der Waals surface area contributed by atoms with Crippen molar-refractivity contribution in [1.29, 1.82) is 0 Å². The van der Waals surface area contributed by atoms with Gasteiger partial charge in [-0.05, 0) is 6.08 Å². The van der Waals surface area contributed by atoms with E-state index in [0.29, 0.717) is 0 Å². The summed E-state index contributed by atoms with van der Waals surface area (Å²) in [5, 5.41) is 18.1. The number of carbonyl (C=O) groups is 1. The van der Waals surface area contributed by atoms with Crippen molar-refractivity contribution in [2.24, 2.45) is 5.92 Å². The predicted octanol–water partition coefficient (Wildman–Crippen LogP) is 0.322. The van der Waals surface area contributed by atoms with Gasteiger partial charge in [0.2, 0.25) is 4.93 Å². The number of carboxylic acids is 1. The molecule has 2 unspecified atom stereocenters. The summed E-state index contributed by atoms with van der Waals surface area (Å²) < 4.78 is 67.4. The van der Waals surface area contributed by atoms with Crippen LogP contribution in [-0.2, 0) is 14.9 Å². The Morgan fingerprint density at radius 2 is 1.89 bits per heavy atom. The summed E-state index contributed by atoms with van der Waals surface area (Å²) in [6, 6.07) is 0. The molecular weight excluding hydrogens is 281 g/mol. The molecule has 0 aromatic carbocycles. The van der Waals surface area contributed by atoms with E-state index in [9.17, 15) is 31.5 Å². The molecule has 3 N–H and O–H groups in total. The van der Waals surface area contributed by atoms with Crippen molar-refractivity contribution in [2.45, 2.75) is 11.1 Å². The highest BCUT2D eigenvalue weighted by molar-refractivity contribution is 7.87. The van der Waals surface area contributed by atoms with Crippen LogP contribution in [0.1, 0.15) is 0 Å². The van der Waals surface area contributed by atoms with Crippen LogP contribution in [0.4, 0.5) is 13.2 Å². The summed E-state index contributed by atoms with van der Waals surface area (Å²) >= 11 is 0. The lowest BCUT2D eigenvalue weighted by molar-refractivity contribution is -0.144. The van der Waals surface area contributed by atoms with Crippen LogP contribution >= 0.6 is 0 Å². The van der Waals surface area contributed by atoms with Gasteiger partial charge in [-0.25, -0.2) is 0 Å². The fourth-order valence-electron chi connectivity index (χ4n) is 1.35. The molecule has 1 aliphatic rings. The molecule has 1 aliphatic carbocycles. The first-order chi connectivity index (χ1) is 7.89. The number of carboxylic acid groups (broad SMARTS) is 1. The van der Waals surface area contributed by atoms with E-state index in [-0.39, 0.29) is 18.2 Å². The molecule has 0 fully saturated rings. The topological polar surface area (TPSA) is 112 Å². The summed E-state index contributed by atoms with van der Waals surface area (Å²) in [7, 11) is -5.31. The van der Waals surface area contributed by atoms with Gasteiger partial charge in [-0.15, -0.1) is 0 Å². The highest BCUT2D eigenvalue weighted by Crippen LogP contribution is 2.37. The van der Waals surface area contributed by atoms with E-state index in [1.807, 2.05) is 0 Å². The smallest absolute Gasteiger partial charge is 0.416 e. The van der Waals surface area contributed by atoms with Crippen molar-refractivity contribution in [2.75, 3.05) is 0 Å². The number of hydrogen-bond donors (Lipinski definition) is 3. The second kappa shape index (κ2) is 4.07. The first-order valence-corrected chi connectivity index (χ1v) is 5.74. The zero-order valence-corrected chi connectivity index (χ0v) is 9.23. The number of alkyl halides is 3. The van der Waals surface area contributed by atoms with Gasteiger partial charge in [0.1, 0.15) is 5.92 Å². The van der Waals surface area contributed by atoms with Crippen molar-refractivity contribution < 1.29 is 41.1 Å². The fraction of sp³-hybridized carbons (Fsp3) is 0.375. The molecule has 0 aliphatic heterocycles. The van der Waals surface area contributed by atoms with Crippen molar-refractivity contribution >= 4 is 16.1 Å². The van der Waals surface area contributed by atoms with E-state index in [4.69, 9.17) is 9.66 Å². The SMILES string of the molecule is O=C(O)C1C=C(C(F)(F)F)C=CC1(O)S(=O)(=O)O. The molecule has 10 heteroatoms. The quantitative estimate of drug-likeness (QED) is 0.631. The summed E-state index contributed by atoms with van der Waals surface area (Å²) in [5.41, 5.74) is -1.43. The van der Waals surface area contributed by atoms with Gasteiger partial charge in [-0.1, -0.05) is 12.2 Å². The standard InChI is InChI=1S/C8H7F3O6S/c9-8(10,11)4-1-2-7(14,18(15,16)17)5(3-4)6(12)13/h1-3,5,14H,(H,12,13)(H,15,16,17).